The Hall–Kier alpha value is -3.03. The van der Waals surface area contributed by atoms with E-state index in [9.17, 15) is 22.8 Å². The lowest BCUT2D eigenvalue weighted by atomic mass is 10.1. The average Bonchev–Trinajstić information content (AvgIpc) is 2.67. The molecule has 1 fully saturated rings. The second-order valence-corrected chi connectivity index (χ2v) is 6.62. The Kier molecular flexibility index (Phi) is 5.58. The van der Waals surface area contributed by atoms with Crippen LogP contribution in [-0.4, -0.2) is 42.9 Å². The molecule has 2 amide bonds. The third-order valence-electron chi connectivity index (χ3n) is 4.61. The maximum absolute atomic E-state index is 13.0. The number of hydrogen-bond donors (Lipinski definition) is 1. The zero-order valence-electron chi connectivity index (χ0n) is 15.3. The minimum absolute atomic E-state index is 0.321. The van der Waals surface area contributed by atoms with Gasteiger partial charge in [-0.3, -0.25) is 9.59 Å². The van der Waals surface area contributed by atoms with Crippen LogP contribution < -0.4 is 10.2 Å². The molecule has 0 aliphatic carbocycles. The standard InChI is InChI=1S/C20H20F3N3O2/c1-14-5-4-6-15(13-14)25-9-11-26(12-10-25)19(28)18(27)24-17-8-3-2-7-16(17)20(21,22)23/h2-8,13H,9-12H2,1H3,(H,24,27). The van der Waals surface area contributed by atoms with E-state index in [1.54, 1.807) is 0 Å². The molecule has 0 aromatic heterocycles. The summed E-state index contributed by atoms with van der Waals surface area (Å²) in [5, 5.41) is 2.10. The molecular formula is C20H20F3N3O2. The van der Waals surface area contributed by atoms with Crippen LogP contribution in [0.4, 0.5) is 24.5 Å². The highest BCUT2D eigenvalue weighted by Gasteiger charge is 2.34. The molecule has 0 unspecified atom stereocenters. The van der Waals surface area contributed by atoms with Crippen molar-refractivity contribution >= 4 is 23.2 Å². The summed E-state index contributed by atoms with van der Waals surface area (Å²) in [6.07, 6.45) is -4.62. The highest BCUT2D eigenvalue weighted by Crippen LogP contribution is 2.34. The van der Waals surface area contributed by atoms with Crippen molar-refractivity contribution in [2.24, 2.45) is 0 Å². The summed E-state index contributed by atoms with van der Waals surface area (Å²) in [5.74, 6) is -1.90. The minimum Gasteiger partial charge on any atom is -0.368 e. The summed E-state index contributed by atoms with van der Waals surface area (Å²) in [5.41, 5.74) is 0.751. The van der Waals surface area contributed by atoms with Gasteiger partial charge < -0.3 is 15.1 Å². The molecule has 0 bridgehead atoms. The fraction of sp³-hybridized carbons (Fsp3) is 0.300. The van der Waals surface area contributed by atoms with E-state index in [2.05, 4.69) is 10.2 Å². The summed E-state index contributed by atoms with van der Waals surface area (Å²) >= 11 is 0. The van der Waals surface area contributed by atoms with Gasteiger partial charge >= 0.3 is 18.0 Å². The lowest BCUT2D eigenvalue weighted by Crippen LogP contribution is -2.51. The van der Waals surface area contributed by atoms with E-state index < -0.39 is 29.2 Å². The Morgan fingerprint density at radius 2 is 1.64 bits per heavy atom. The Morgan fingerprint density at radius 3 is 2.29 bits per heavy atom. The number of para-hydroxylation sites is 1. The predicted molar refractivity (Wildman–Crippen MR) is 100 cm³/mol. The number of carbonyl (C=O) groups excluding carboxylic acids is 2. The van der Waals surface area contributed by atoms with Crippen LogP contribution in [0.25, 0.3) is 0 Å². The molecular weight excluding hydrogens is 371 g/mol. The van der Waals surface area contributed by atoms with Crippen LogP contribution >= 0.6 is 0 Å². The Morgan fingerprint density at radius 1 is 0.964 bits per heavy atom. The maximum Gasteiger partial charge on any atom is 0.418 e. The van der Waals surface area contributed by atoms with Crippen molar-refractivity contribution in [1.82, 2.24) is 4.90 Å². The van der Waals surface area contributed by atoms with Gasteiger partial charge in [0.1, 0.15) is 0 Å². The maximum atomic E-state index is 13.0. The number of nitrogens with one attached hydrogen (secondary N) is 1. The first kappa shape index (κ1) is 19.7. The van der Waals surface area contributed by atoms with Crippen molar-refractivity contribution in [3.63, 3.8) is 0 Å². The van der Waals surface area contributed by atoms with Gasteiger partial charge in [-0.15, -0.1) is 0 Å². The van der Waals surface area contributed by atoms with Gasteiger partial charge in [0, 0.05) is 31.9 Å². The van der Waals surface area contributed by atoms with Crippen LogP contribution in [0.1, 0.15) is 11.1 Å². The van der Waals surface area contributed by atoms with E-state index in [-0.39, 0.29) is 0 Å². The van der Waals surface area contributed by atoms with Crippen molar-refractivity contribution < 1.29 is 22.8 Å². The molecule has 1 aliphatic rings. The first-order chi connectivity index (χ1) is 13.3. The minimum atomic E-state index is -4.62. The molecule has 8 heteroatoms. The molecule has 28 heavy (non-hydrogen) atoms. The normalized spacial score (nSPS) is 14.7. The molecule has 2 aromatic rings. The lowest BCUT2D eigenvalue weighted by Gasteiger charge is -2.35. The van der Waals surface area contributed by atoms with Crippen LogP contribution in [0.15, 0.2) is 48.5 Å². The number of amides is 2. The molecule has 0 atom stereocenters. The van der Waals surface area contributed by atoms with Crippen LogP contribution in [0.2, 0.25) is 0 Å². The van der Waals surface area contributed by atoms with Crippen molar-refractivity contribution in [2.45, 2.75) is 13.1 Å². The van der Waals surface area contributed by atoms with Gasteiger partial charge in [0.2, 0.25) is 0 Å². The van der Waals surface area contributed by atoms with Gasteiger partial charge in [-0.1, -0.05) is 24.3 Å². The van der Waals surface area contributed by atoms with E-state index in [0.717, 1.165) is 23.4 Å². The molecule has 1 saturated heterocycles. The number of aryl methyl sites for hydroxylation is 1. The van der Waals surface area contributed by atoms with Gasteiger partial charge in [0.25, 0.3) is 0 Å². The molecule has 1 N–H and O–H groups in total. The summed E-state index contributed by atoms with van der Waals surface area (Å²) in [4.78, 5) is 28.0. The van der Waals surface area contributed by atoms with Gasteiger partial charge in [0.05, 0.1) is 11.3 Å². The molecule has 5 nitrogen and oxygen atoms in total. The summed E-state index contributed by atoms with van der Waals surface area (Å²) < 4.78 is 39.1. The third kappa shape index (κ3) is 4.44. The van der Waals surface area contributed by atoms with Crippen LogP contribution in [0.3, 0.4) is 0 Å². The zero-order chi connectivity index (χ0) is 20.3. The Labute approximate surface area is 160 Å². The number of halogens is 3. The number of nitrogens with zero attached hydrogens (tertiary/aromatic N) is 2. The zero-order valence-corrected chi connectivity index (χ0v) is 15.3. The van der Waals surface area contributed by atoms with E-state index in [1.807, 2.05) is 31.2 Å². The molecule has 148 valence electrons. The predicted octanol–water partition coefficient (Wildman–Crippen LogP) is 3.30. The largest absolute Gasteiger partial charge is 0.418 e. The van der Waals surface area contributed by atoms with E-state index >= 15 is 0 Å². The monoisotopic (exact) mass is 391 g/mol. The van der Waals surface area contributed by atoms with Crippen molar-refractivity contribution in [1.29, 1.82) is 0 Å². The topological polar surface area (TPSA) is 52.7 Å². The molecule has 0 radical (unpaired) electrons. The van der Waals surface area contributed by atoms with Gasteiger partial charge in [-0.25, -0.2) is 0 Å². The number of rotatable bonds is 2. The van der Waals surface area contributed by atoms with Crippen LogP contribution in [0, 0.1) is 6.92 Å². The SMILES string of the molecule is Cc1cccc(N2CCN(C(=O)C(=O)Nc3ccccc3C(F)(F)F)CC2)c1. The van der Waals surface area contributed by atoms with Crippen molar-refractivity contribution in [2.75, 3.05) is 36.4 Å². The van der Waals surface area contributed by atoms with Gasteiger partial charge in [-0.2, -0.15) is 13.2 Å². The molecule has 0 spiro atoms. The lowest BCUT2D eigenvalue weighted by molar-refractivity contribution is -0.143. The van der Waals surface area contributed by atoms with Gasteiger partial charge in [-0.05, 0) is 36.8 Å². The smallest absolute Gasteiger partial charge is 0.368 e. The quantitative estimate of drug-likeness (QED) is 0.800. The fourth-order valence-corrected chi connectivity index (χ4v) is 3.15. The second kappa shape index (κ2) is 7.92. The number of benzene rings is 2. The molecule has 1 aliphatic heterocycles. The van der Waals surface area contributed by atoms with E-state index in [4.69, 9.17) is 0 Å². The molecule has 3 rings (SSSR count). The number of alkyl halides is 3. The van der Waals surface area contributed by atoms with Crippen molar-refractivity contribution in [3.05, 3.63) is 59.7 Å². The second-order valence-electron chi connectivity index (χ2n) is 6.62. The third-order valence-corrected chi connectivity index (χ3v) is 4.61. The number of carbonyl (C=O) groups is 2. The molecule has 2 aromatic carbocycles. The number of anilines is 2. The number of piperazine rings is 1. The fourth-order valence-electron chi connectivity index (χ4n) is 3.15. The van der Waals surface area contributed by atoms with Gasteiger partial charge in [0.15, 0.2) is 0 Å². The van der Waals surface area contributed by atoms with E-state index in [0.29, 0.717) is 26.2 Å². The summed E-state index contributed by atoms with van der Waals surface area (Å²) in [6.45, 7) is 3.72. The number of hydrogen-bond acceptors (Lipinski definition) is 3. The van der Waals surface area contributed by atoms with Crippen LogP contribution in [-0.2, 0) is 15.8 Å². The summed E-state index contributed by atoms with van der Waals surface area (Å²) in [7, 11) is 0. The Balaban J connectivity index is 1.62. The van der Waals surface area contributed by atoms with E-state index in [1.165, 1.54) is 17.0 Å². The molecule has 0 saturated carbocycles. The highest BCUT2D eigenvalue weighted by atomic mass is 19.4. The summed E-state index contributed by atoms with van der Waals surface area (Å²) in [6, 6.07) is 12.6. The first-order valence-corrected chi connectivity index (χ1v) is 8.84. The Bertz CT molecular complexity index is 875. The van der Waals surface area contributed by atoms with Crippen LogP contribution in [0.5, 0.6) is 0 Å². The highest BCUT2D eigenvalue weighted by molar-refractivity contribution is 6.39. The first-order valence-electron chi connectivity index (χ1n) is 8.84. The molecule has 1 heterocycles. The van der Waals surface area contributed by atoms with Crippen molar-refractivity contribution in [3.8, 4) is 0 Å². The average molecular weight is 391 g/mol.